The SMILES string of the molecule is CC.CC(=O)NC(C(=O)O)C1(S)CCN(C)CC1. The van der Waals surface area contributed by atoms with Crippen LogP contribution >= 0.6 is 12.6 Å². The summed E-state index contributed by atoms with van der Waals surface area (Å²) in [6.45, 7) is 6.92. The molecule has 0 aromatic carbocycles. The second-order valence-electron chi connectivity index (χ2n) is 4.38. The van der Waals surface area contributed by atoms with Crippen molar-refractivity contribution in [3.63, 3.8) is 0 Å². The Hall–Kier alpha value is -0.750. The third-order valence-electron chi connectivity index (χ3n) is 2.98. The van der Waals surface area contributed by atoms with Crippen molar-refractivity contribution in [1.29, 1.82) is 0 Å². The van der Waals surface area contributed by atoms with E-state index in [9.17, 15) is 9.59 Å². The number of rotatable bonds is 3. The molecule has 5 nitrogen and oxygen atoms in total. The maximum absolute atomic E-state index is 11.1. The summed E-state index contributed by atoms with van der Waals surface area (Å²) in [4.78, 5) is 24.3. The van der Waals surface area contributed by atoms with E-state index in [-0.39, 0.29) is 5.91 Å². The summed E-state index contributed by atoms with van der Waals surface area (Å²) in [5.74, 6) is -1.35. The van der Waals surface area contributed by atoms with Crippen LogP contribution in [0.4, 0.5) is 0 Å². The van der Waals surface area contributed by atoms with E-state index in [1.165, 1.54) is 6.92 Å². The lowest BCUT2D eigenvalue weighted by atomic mass is 9.88. The highest BCUT2D eigenvalue weighted by atomic mass is 32.1. The number of aliphatic carboxylic acids is 1. The molecule has 1 rings (SSSR count). The molecule has 1 atom stereocenters. The van der Waals surface area contributed by atoms with Crippen molar-refractivity contribution >= 4 is 24.5 Å². The van der Waals surface area contributed by atoms with Crippen molar-refractivity contribution < 1.29 is 14.7 Å². The van der Waals surface area contributed by atoms with Gasteiger partial charge in [0.2, 0.25) is 5.91 Å². The first-order chi connectivity index (χ1) is 8.35. The van der Waals surface area contributed by atoms with Crippen LogP contribution in [0.2, 0.25) is 0 Å². The van der Waals surface area contributed by atoms with E-state index in [0.29, 0.717) is 12.8 Å². The molecular formula is C12H24N2O3S. The van der Waals surface area contributed by atoms with E-state index in [4.69, 9.17) is 5.11 Å². The molecule has 0 radical (unpaired) electrons. The van der Waals surface area contributed by atoms with Crippen LogP contribution in [0.25, 0.3) is 0 Å². The Morgan fingerprint density at radius 3 is 2.11 bits per heavy atom. The number of carboxylic acid groups (broad SMARTS) is 1. The van der Waals surface area contributed by atoms with Crippen LogP contribution in [0.5, 0.6) is 0 Å². The molecule has 1 fully saturated rings. The van der Waals surface area contributed by atoms with Crippen molar-refractivity contribution in [3.05, 3.63) is 0 Å². The molecule has 6 heteroatoms. The van der Waals surface area contributed by atoms with Gasteiger partial charge in [0.05, 0.1) is 0 Å². The molecule has 0 bridgehead atoms. The molecule has 1 aliphatic heterocycles. The van der Waals surface area contributed by atoms with Gasteiger partial charge in [0.25, 0.3) is 0 Å². The van der Waals surface area contributed by atoms with Gasteiger partial charge in [-0.05, 0) is 33.0 Å². The standard InChI is InChI=1S/C10H18N2O3S.C2H6/c1-7(13)11-8(9(14)15)10(16)3-5-12(2)6-4-10;1-2/h8,16H,3-6H2,1-2H3,(H,11,13)(H,14,15);1-2H3. The van der Waals surface area contributed by atoms with Gasteiger partial charge in [-0.3, -0.25) is 4.79 Å². The first kappa shape index (κ1) is 17.2. The zero-order chi connectivity index (χ0) is 14.3. The van der Waals surface area contributed by atoms with Crippen molar-refractivity contribution in [2.45, 2.75) is 44.4 Å². The average molecular weight is 276 g/mol. The highest BCUT2D eigenvalue weighted by molar-refractivity contribution is 7.82. The topological polar surface area (TPSA) is 69.6 Å². The highest BCUT2D eigenvalue weighted by Gasteiger charge is 2.42. The molecule has 0 aromatic heterocycles. The Balaban J connectivity index is 0.00000137. The zero-order valence-electron chi connectivity index (χ0n) is 11.6. The second-order valence-corrected chi connectivity index (χ2v) is 5.27. The normalized spacial score (nSPS) is 20.3. The van der Waals surface area contributed by atoms with E-state index in [1.54, 1.807) is 0 Å². The molecule has 0 saturated carbocycles. The van der Waals surface area contributed by atoms with Crippen LogP contribution in [0.1, 0.15) is 33.6 Å². The smallest absolute Gasteiger partial charge is 0.327 e. The number of nitrogens with one attached hydrogen (secondary N) is 1. The van der Waals surface area contributed by atoms with Crippen LogP contribution < -0.4 is 5.32 Å². The Morgan fingerprint density at radius 1 is 1.33 bits per heavy atom. The summed E-state index contributed by atoms with van der Waals surface area (Å²) in [5, 5.41) is 11.6. The van der Waals surface area contributed by atoms with Crippen molar-refractivity contribution in [3.8, 4) is 0 Å². The summed E-state index contributed by atoms with van der Waals surface area (Å²) in [7, 11) is 1.99. The molecule has 1 heterocycles. The fraction of sp³-hybridized carbons (Fsp3) is 0.833. The van der Waals surface area contributed by atoms with Gasteiger partial charge < -0.3 is 15.3 Å². The molecule has 1 unspecified atom stereocenters. The fourth-order valence-corrected chi connectivity index (χ4v) is 2.30. The number of piperidine rings is 1. The van der Waals surface area contributed by atoms with E-state index < -0.39 is 16.8 Å². The summed E-state index contributed by atoms with van der Waals surface area (Å²) in [5.41, 5.74) is 0. The Bertz CT molecular complexity index is 289. The number of thiol groups is 1. The van der Waals surface area contributed by atoms with Crippen LogP contribution in [0.3, 0.4) is 0 Å². The summed E-state index contributed by atoms with van der Waals surface area (Å²) >= 11 is 4.48. The lowest BCUT2D eigenvalue weighted by Gasteiger charge is -2.40. The van der Waals surface area contributed by atoms with E-state index in [1.807, 2.05) is 20.9 Å². The molecule has 106 valence electrons. The van der Waals surface area contributed by atoms with Gasteiger partial charge in [0.1, 0.15) is 6.04 Å². The number of nitrogens with zero attached hydrogens (tertiary/aromatic N) is 1. The largest absolute Gasteiger partial charge is 0.480 e. The molecule has 1 amide bonds. The van der Waals surface area contributed by atoms with Gasteiger partial charge in [-0.25, -0.2) is 4.79 Å². The third kappa shape index (κ3) is 4.86. The lowest BCUT2D eigenvalue weighted by Crippen LogP contribution is -2.57. The van der Waals surface area contributed by atoms with Gasteiger partial charge in [0.15, 0.2) is 0 Å². The average Bonchev–Trinajstić information content (AvgIpc) is 2.32. The van der Waals surface area contributed by atoms with Crippen LogP contribution in [0, 0.1) is 0 Å². The summed E-state index contributed by atoms with van der Waals surface area (Å²) in [6, 6.07) is -0.915. The van der Waals surface area contributed by atoms with E-state index >= 15 is 0 Å². The summed E-state index contributed by atoms with van der Waals surface area (Å²) in [6.07, 6.45) is 1.31. The molecule has 1 saturated heterocycles. The fourth-order valence-electron chi connectivity index (χ4n) is 1.92. The molecule has 0 aromatic rings. The quantitative estimate of drug-likeness (QED) is 0.673. The number of carbonyl (C=O) groups excluding carboxylic acids is 1. The number of carbonyl (C=O) groups is 2. The Morgan fingerprint density at radius 2 is 1.78 bits per heavy atom. The van der Waals surface area contributed by atoms with Crippen molar-refractivity contribution in [1.82, 2.24) is 10.2 Å². The molecular weight excluding hydrogens is 252 g/mol. The Labute approximate surface area is 114 Å². The number of amides is 1. The lowest BCUT2D eigenvalue weighted by molar-refractivity contribution is -0.143. The first-order valence-electron chi connectivity index (χ1n) is 6.26. The highest BCUT2D eigenvalue weighted by Crippen LogP contribution is 2.32. The van der Waals surface area contributed by atoms with Gasteiger partial charge in [0, 0.05) is 11.7 Å². The van der Waals surface area contributed by atoms with E-state index in [0.717, 1.165) is 13.1 Å². The minimum Gasteiger partial charge on any atom is -0.480 e. The van der Waals surface area contributed by atoms with Gasteiger partial charge in [-0.2, -0.15) is 12.6 Å². The maximum atomic E-state index is 11.1. The second kappa shape index (κ2) is 7.63. The predicted molar refractivity (Wildman–Crippen MR) is 75.0 cm³/mol. The number of hydrogen-bond acceptors (Lipinski definition) is 4. The first-order valence-corrected chi connectivity index (χ1v) is 6.71. The number of likely N-dealkylation sites (tertiary alicyclic amines) is 1. The molecule has 0 aliphatic carbocycles. The van der Waals surface area contributed by atoms with Gasteiger partial charge in [-0.1, -0.05) is 13.8 Å². The van der Waals surface area contributed by atoms with Crippen LogP contribution in [0.15, 0.2) is 0 Å². The minimum absolute atomic E-state index is 0.334. The number of hydrogen-bond donors (Lipinski definition) is 3. The van der Waals surface area contributed by atoms with E-state index in [2.05, 4.69) is 22.8 Å². The molecule has 1 aliphatic rings. The maximum Gasteiger partial charge on any atom is 0.327 e. The predicted octanol–water partition coefficient (Wildman–Crippen LogP) is 0.996. The van der Waals surface area contributed by atoms with Crippen molar-refractivity contribution in [2.24, 2.45) is 0 Å². The monoisotopic (exact) mass is 276 g/mol. The van der Waals surface area contributed by atoms with Crippen molar-refractivity contribution in [2.75, 3.05) is 20.1 Å². The van der Waals surface area contributed by atoms with Gasteiger partial charge >= 0.3 is 5.97 Å². The molecule has 0 spiro atoms. The summed E-state index contributed by atoms with van der Waals surface area (Å²) < 4.78 is -0.649. The zero-order valence-corrected chi connectivity index (χ0v) is 12.5. The third-order valence-corrected chi connectivity index (χ3v) is 3.69. The van der Waals surface area contributed by atoms with Gasteiger partial charge in [-0.15, -0.1) is 0 Å². The Kier molecular flexibility index (Phi) is 7.32. The van der Waals surface area contributed by atoms with Crippen LogP contribution in [-0.2, 0) is 9.59 Å². The number of carboxylic acids is 1. The minimum atomic E-state index is -1.02. The molecule has 2 N–H and O–H groups in total. The van der Waals surface area contributed by atoms with Crippen LogP contribution in [-0.4, -0.2) is 52.8 Å². The molecule has 18 heavy (non-hydrogen) atoms.